The minimum absolute atomic E-state index is 0.253. The first-order valence-electron chi connectivity index (χ1n) is 7.75. The van der Waals surface area contributed by atoms with E-state index in [-0.39, 0.29) is 5.41 Å². The molecule has 4 heteroatoms. The summed E-state index contributed by atoms with van der Waals surface area (Å²) >= 11 is 0. The lowest BCUT2D eigenvalue weighted by Gasteiger charge is -2.21. The van der Waals surface area contributed by atoms with Crippen LogP contribution in [0.4, 0.5) is 0 Å². The van der Waals surface area contributed by atoms with Gasteiger partial charge in [-0.05, 0) is 51.3 Å². The lowest BCUT2D eigenvalue weighted by atomic mass is 9.84. The van der Waals surface area contributed by atoms with Crippen LogP contribution in [0.15, 0.2) is 34.9 Å². The van der Waals surface area contributed by atoms with Gasteiger partial charge in [-0.3, -0.25) is 0 Å². The molecule has 1 saturated heterocycles. The summed E-state index contributed by atoms with van der Waals surface area (Å²) in [6.07, 6.45) is 3.39. The molecule has 21 heavy (non-hydrogen) atoms. The van der Waals surface area contributed by atoms with Gasteiger partial charge >= 0.3 is 0 Å². The highest BCUT2D eigenvalue weighted by Gasteiger charge is 2.30. The number of nitrogens with one attached hydrogen (secondary N) is 1. The second-order valence-electron chi connectivity index (χ2n) is 6.42. The Hall–Kier alpha value is -1.68. The molecule has 1 N–H and O–H groups in total. The average molecular weight is 285 g/mol. The van der Waals surface area contributed by atoms with Crippen LogP contribution in [0.1, 0.15) is 44.0 Å². The first kappa shape index (κ1) is 14.3. The molecule has 0 saturated carbocycles. The molecule has 0 bridgehead atoms. The van der Waals surface area contributed by atoms with Gasteiger partial charge in [0, 0.05) is 6.42 Å². The Labute approximate surface area is 126 Å². The van der Waals surface area contributed by atoms with E-state index < -0.39 is 0 Å². The van der Waals surface area contributed by atoms with E-state index in [0.29, 0.717) is 11.8 Å². The van der Waals surface area contributed by atoms with Crippen LogP contribution in [-0.4, -0.2) is 23.2 Å². The molecule has 0 radical (unpaired) electrons. The summed E-state index contributed by atoms with van der Waals surface area (Å²) < 4.78 is 5.54. The van der Waals surface area contributed by atoms with Gasteiger partial charge in [0.15, 0.2) is 5.82 Å². The minimum atomic E-state index is -0.253. The smallest absolute Gasteiger partial charge is 0.236 e. The van der Waals surface area contributed by atoms with E-state index in [1.165, 1.54) is 18.4 Å². The molecule has 4 nitrogen and oxygen atoms in total. The van der Waals surface area contributed by atoms with Crippen molar-refractivity contribution < 1.29 is 4.52 Å². The zero-order valence-electron chi connectivity index (χ0n) is 12.8. The van der Waals surface area contributed by atoms with Crippen LogP contribution in [0.25, 0.3) is 0 Å². The van der Waals surface area contributed by atoms with Gasteiger partial charge in [-0.25, -0.2) is 0 Å². The van der Waals surface area contributed by atoms with Gasteiger partial charge in [0.2, 0.25) is 5.89 Å². The highest BCUT2D eigenvalue weighted by atomic mass is 16.5. The molecule has 0 aliphatic carbocycles. The maximum atomic E-state index is 5.54. The summed E-state index contributed by atoms with van der Waals surface area (Å²) in [7, 11) is 0. The Bertz CT molecular complexity index is 571. The molecular weight excluding hydrogens is 262 g/mol. The van der Waals surface area contributed by atoms with Gasteiger partial charge in [0.25, 0.3) is 0 Å². The highest BCUT2D eigenvalue weighted by Crippen LogP contribution is 2.30. The number of hydrogen-bond acceptors (Lipinski definition) is 4. The molecule has 3 rings (SSSR count). The fraction of sp³-hybridized carbons (Fsp3) is 0.529. The van der Waals surface area contributed by atoms with Gasteiger partial charge in [-0.1, -0.05) is 35.5 Å². The van der Waals surface area contributed by atoms with Gasteiger partial charge in [0.1, 0.15) is 0 Å². The summed E-state index contributed by atoms with van der Waals surface area (Å²) in [5.41, 5.74) is 0.941. The number of rotatable bonds is 4. The van der Waals surface area contributed by atoms with Crippen LogP contribution in [0.2, 0.25) is 0 Å². The van der Waals surface area contributed by atoms with E-state index >= 15 is 0 Å². The molecule has 1 atom stereocenters. The Morgan fingerprint density at radius 1 is 1.29 bits per heavy atom. The van der Waals surface area contributed by atoms with E-state index in [1.54, 1.807) is 0 Å². The van der Waals surface area contributed by atoms with Gasteiger partial charge in [0.05, 0.1) is 5.41 Å². The third kappa shape index (κ3) is 3.16. The molecule has 2 aromatic rings. The van der Waals surface area contributed by atoms with Crippen LogP contribution >= 0.6 is 0 Å². The van der Waals surface area contributed by atoms with Crippen molar-refractivity contribution in [3.05, 3.63) is 47.6 Å². The number of piperidine rings is 1. The summed E-state index contributed by atoms with van der Waals surface area (Å²) in [6, 6.07) is 10.3. The van der Waals surface area contributed by atoms with E-state index in [2.05, 4.69) is 41.4 Å². The molecule has 0 spiro atoms. The summed E-state index contributed by atoms with van der Waals surface area (Å²) in [5, 5.41) is 7.62. The van der Waals surface area contributed by atoms with Crippen LogP contribution in [0.5, 0.6) is 0 Å². The number of aromatic nitrogens is 2. The number of benzene rings is 1. The van der Waals surface area contributed by atoms with E-state index in [4.69, 9.17) is 4.52 Å². The third-order valence-corrected chi connectivity index (χ3v) is 4.37. The fourth-order valence-corrected chi connectivity index (χ4v) is 2.93. The molecule has 1 aromatic carbocycles. The minimum Gasteiger partial charge on any atom is -0.338 e. The molecule has 1 aromatic heterocycles. The van der Waals surface area contributed by atoms with Crippen LogP contribution in [0.3, 0.4) is 0 Å². The van der Waals surface area contributed by atoms with Crippen molar-refractivity contribution in [2.45, 2.75) is 38.5 Å². The Kier molecular flexibility index (Phi) is 4.06. The van der Waals surface area contributed by atoms with Crippen molar-refractivity contribution in [2.75, 3.05) is 13.1 Å². The predicted octanol–water partition coefficient (Wildman–Crippen LogP) is 2.94. The zero-order chi connectivity index (χ0) is 14.7. The first-order valence-corrected chi connectivity index (χ1v) is 7.75. The molecule has 1 aliphatic heterocycles. The molecular formula is C17H23N3O. The largest absolute Gasteiger partial charge is 0.338 e. The van der Waals surface area contributed by atoms with Gasteiger partial charge < -0.3 is 9.84 Å². The van der Waals surface area contributed by atoms with E-state index in [9.17, 15) is 0 Å². The Morgan fingerprint density at radius 3 is 2.81 bits per heavy atom. The lowest BCUT2D eigenvalue weighted by Crippen LogP contribution is -2.31. The van der Waals surface area contributed by atoms with Crippen molar-refractivity contribution >= 4 is 0 Å². The fourth-order valence-electron chi connectivity index (χ4n) is 2.93. The maximum Gasteiger partial charge on any atom is 0.236 e. The molecule has 1 fully saturated rings. The molecule has 0 amide bonds. The highest BCUT2D eigenvalue weighted by molar-refractivity contribution is 5.29. The second-order valence-corrected chi connectivity index (χ2v) is 6.42. The normalized spacial score (nSPS) is 19.6. The molecule has 112 valence electrons. The van der Waals surface area contributed by atoms with Crippen molar-refractivity contribution in [3.8, 4) is 0 Å². The van der Waals surface area contributed by atoms with Crippen LogP contribution < -0.4 is 5.32 Å². The summed E-state index contributed by atoms with van der Waals surface area (Å²) in [6.45, 7) is 6.45. The summed E-state index contributed by atoms with van der Waals surface area (Å²) in [5.74, 6) is 2.17. The molecule has 1 unspecified atom stereocenters. The zero-order valence-corrected chi connectivity index (χ0v) is 12.8. The maximum absolute atomic E-state index is 5.54. The lowest BCUT2D eigenvalue weighted by molar-refractivity contribution is 0.323. The molecule has 1 aliphatic rings. The average Bonchev–Trinajstić information content (AvgIpc) is 2.98. The molecule has 2 heterocycles. The quantitative estimate of drug-likeness (QED) is 0.938. The van der Waals surface area contributed by atoms with Crippen LogP contribution in [-0.2, 0) is 11.8 Å². The predicted molar refractivity (Wildman–Crippen MR) is 82.2 cm³/mol. The van der Waals surface area contributed by atoms with Crippen molar-refractivity contribution in [1.29, 1.82) is 0 Å². The van der Waals surface area contributed by atoms with Crippen molar-refractivity contribution in [2.24, 2.45) is 5.92 Å². The monoisotopic (exact) mass is 285 g/mol. The Morgan fingerprint density at radius 2 is 2.10 bits per heavy atom. The van der Waals surface area contributed by atoms with Crippen molar-refractivity contribution in [3.63, 3.8) is 0 Å². The topological polar surface area (TPSA) is 51.0 Å². The summed E-state index contributed by atoms with van der Waals surface area (Å²) in [4.78, 5) is 4.65. The number of nitrogens with zero attached hydrogens (tertiary/aromatic N) is 2. The van der Waals surface area contributed by atoms with E-state index in [0.717, 1.165) is 25.3 Å². The standard InChI is InChI=1S/C17H23N3O/c1-17(2,14-8-4-3-5-9-14)16-19-15(20-21-16)11-13-7-6-10-18-12-13/h3-5,8-9,13,18H,6-7,10-12H2,1-2H3. The second kappa shape index (κ2) is 5.98. The van der Waals surface area contributed by atoms with Crippen molar-refractivity contribution in [1.82, 2.24) is 15.5 Å². The number of hydrogen-bond donors (Lipinski definition) is 1. The van der Waals surface area contributed by atoms with Gasteiger partial charge in [-0.2, -0.15) is 4.98 Å². The SMILES string of the molecule is CC(C)(c1ccccc1)c1nc(CC2CCCNC2)no1. The Balaban J connectivity index is 1.74. The van der Waals surface area contributed by atoms with E-state index in [1.807, 2.05) is 18.2 Å². The van der Waals surface area contributed by atoms with Gasteiger partial charge in [-0.15, -0.1) is 0 Å². The third-order valence-electron chi connectivity index (χ3n) is 4.37. The van der Waals surface area contributed by atoms with Crippen LogP contribution in [0, 0.1) is 5.92 Å². The first-order chi connectivity index (χ1) is 10.2.